The zero-order valence-electron chi connectivity index (χ0n) is 6.16. The van der Waals surface area contributed by atoms with Crippen LogP contribution in [0.3, 0.4) is 0 Å². The van der Waals surface area contributed by atoms with Crippen molar-refractivity contribution >= 4 is 24.2 Å². The van der Waals surface area contributed by atoms with E-state index in [1.165, 1.54) is 12.2 Å². The molecule has 0 bridgehead atoms. The Bertz CT molecular complexity index is 152. The molecule has 4 nitrogen and oxygen atoms in total. The SMILES string of the molecule is CCN.Cl.O=C1C=CC(=O)N1. The minimum absolute atomic E-state index is 0. The number of amides is 2. The molecule has 0 aromatic carbocycles. The van der Waals surface area contributed by atoms with Crippen molar-refractivity contribution in [2.45, 2.75) is 6.92 Å². The lowest BCUT2D eigenvalue weighted by atomic mass is 10.6. The molecular formula is C6H11ClN2O2. The molecule has 0 saturated carbocycles. The minimum atomic E-state index is -0.329. The van der Waals surface area contributed by atoms with E-state index in [0.717, 1.165) is 6.54 Å². The number of hydrogen-bond donors (Lipinski definition) is 2. The fourth-order valence-corrected chi connectivity index (χ4v) is 0.356. The Morgan fingerprint density at radius 2 is 1.64 bits per heavy atom. The van der Waals surface area contributed by atoms with Crippen molar-refractivity contribution in [3.63, 3.8) is 0 Å². The van der Waals surface area contributed by atoms with Crippen molar-refractivity contribution in [3.05, 3.63) is 12.2 Å². The van der Waals surface area contributed by atoms with Crippen molar-refractivity contribution in [2.24, 2.45) is 5.73 Å². The van der Waals surface area contributed by atoms with Crippen LogP contribution in [0.4, 0.5) is 0 Å². The second-order valence-corrected chi connectivity index (χ2v) is 1.60. The van der Waals surface area contributed by atoms with Crippen molar-refractivity contribution in [1.29, 1.82) is 0 Å². The van der Waals surface area contributed by atoms with Crippen LogP contribution >= 0.6 is 12.4 Å². The Hall–Kier alpha value is -0.870. The third-order valence-electron chi connectivity index (χ3n) is 0.632. The second kappa shape index (κ2) is 7.24. The van der Waals surface area contributed by atoms with Crippen LogP contribution in [0.1, 0.15) is 6.92 Å². The van der Waals surface area contributed by atoms with Gasteiger partial charge in [-0.2, -0.15) is 0 Å². The molecule has 0 unspecified atom stereocenters. The van der Waals surface area contributed by atoms with E-state index in [9.17, 15) is 9.59 Å². The first-order chi connectivity index (χ1) is 4.70. The summed E-state index contributed by atoms with van der Waals surface area (Å²) in [6.07, 6.45) is 2.39. The molecule has 5 heteroatoms. The maximum Gasteiger partial charge on any atom is 0.250 e. The number of nitrogens with one attached hydrogen (secondary N) is 1. The standard InChI is InChI=1S/C4H3NO2.C2H7N.ClH/c6-3-1-2-4(7)5-3;1-2-3;/h1-2H,(H,5,6,7);2-3H2,1H3;1H. The highest BCUT2D eigenvalue weighted by Gasteiger charge is 2.06. The molecule has 1 aliphatic rings. The van der Waals surface area contributed by atoms with Crippen molar-refractivity contribution in [2.75, 3.05) is 6.54 Å². The van der Waals surface area contributed by atoms with Gasteiger partial charge < -0.3 is 5.73 Å². The largest absolute Gasteiger partial charge is 0.331 e. The van der Waals surface area contributed by atoms with E-state index in [2.05, 4.69) is 0 Å². The van der Waals surface area contributed by atoms with Gasteiger partial charge in [0.1, 0.15) is 0 Å². The lowest BCUT2D eigenvalue weighted by Gasteiger charge is -1.80. The Balaban J connectivity index is 0. The van der Waals surface area contributed by atoms with Gasteiger partial charge >= 0.3 is 0 Å². The molecule has 0 aromatic heterocycles. The molecule has 2 amide bonds. The molecule has 11 heavy (non-hydrogen) atoms. The van der Waals surface area contributed by atoms with Gasteiger partial charge in [0.25, 0.3) is 11.8 Å². The highest BCUT2D eigenvalue weighted by molar-refractivity contribution is 6.12. The van der Waals surface area contributed by atoms with Gasteiger partial charge in [0, 0.05) is 12.2 Å². The van der Waals surface area contributed by atoms with Gasteiger partial charge in [0.15, 0.2) is 0 Å². The molecule has 0 saturated heterocycles. The first-order valence-corrected chi connectivity index (χ1v) is 2.93. The Morgan fingerprint density at radius 1 is 1.36 bits per heavy atom. The molecule has 1 rings (SSSR count). The molecule has 1 aliphatic heterocycles. The molecule has 0 fully saturated rings. The van der Waals surface area contributed by atoms with Crippen molar-refractivity contribution < 1.29 is 9.59 Å². The van der Waals surface area contributed by atoms with E-state index in [1.54, 1.807) is 0 Å². The van der Waals surface area contributed by atoms with Crippen LogP contribution in [0.2, 0.25) is 0 Å². The minimum Gasteiger partial charge on any atom is -0.331 e. The predicted octanol–water partition coefficient (Wildman–Crippen LogP) is -0.414. The van der Waals surface area contributed by atoms with Gasteiger partial charge in [0.05, 0.1) is 0 Å². The van der Waals surface area contributed by atoms with Crippen LogP contribution in [0, 0.1) is 0 Å². The molecular weight excluding hydrogens is 168 g/mol. The maximum absolute atomic E-state index is 10.0. The van der Waals surface area contributed by atoms with E-state index in [0.29, 0.717) is 0 Å². The average Bonchev–Trinajstić information content (AvgIpc) is 2.17. The van der Waals surface area contributed by atoms with Gasteiger partial charge in [0.2, 0.25) is 0 Å². The number of halogens is 1. The van der Waals surface area contributed by atoms with E-state index < -0.39 is 0 Å². The van der Waals surface area contributed by atoms with Crippen LogP contribution in [0.5, 0.6) is 0 Å². The summed E-state index contributed by atoms with van der Waals surface area (Å²) in [7, 11) is 0. The monoisotopic (exact) mass is 178 g/mol. The van der Waals surface area contributed by atoms with Gasteiger partial charge in [-0.3, -0.25) is 14.9 Å². The highest BCUT2D eigenvalue weighted by Crippen LogP contribution is 1.82. The second-order valence-electron chi connectivity index (χ2n) is 1.60. The normalized spacial score (nSPS) is 12.9. The number of rotatable bonds is 0. The summed E-state index contributed by atoms with van der Waals surface area (Å²) in [4.78, 5) is 20.1. The number of imide groups is 1. The summed E-state index contributed by atoms with van der Waals surface area (Å²) < 4.78 is 0. The van der Waals surface area contributed by atoms with Crippen LogP contribution in [-0.2, 0) is 9.59 Å². The molecule has 3 N–H and O–H groups in total. The quantitative estimate of drug-likeness (QED) is 0.496. The lowest BCUT2D eigenvalue weighted by Crippen LogP contribution is -2.19. The maximum atomic E-state index is 10.0. The Kier molecular flexibility index (Phi) is 8.41. The van der Waals surface area contributed by atoms with Crippen LogP contribution < -0.4 is 11.1 Å². The van der Waals surface area contributed by atoms with Gasteiger partial charge in [-0.15, -0.1) is 12.4 Å². The van der Waals surface area contributed by atoms with E-state index in [-0.39, 0.29) is 24.2 Å². The van der Waals surface area contributed by atoms with Crippen LogP contribution in [-0.4, -0.2) is 18.4 Å². The number of hydrogen-bond acceptors (Lipinski definition) is 3. The third-order valence-corrected chi connectivity index (χ3v) is 0.632. The smallest absolute Gasteiger partial charge is 0.250 e. The molecule has 0 atom stereocenters. The van der Waals surface area contributed by atoms with Crippen molar-refractivity contribution in [1.82, 2.24) is 5.32 Å². The summed E-state index contributed by atoms with van der Waals surface area (Å²) in [5, 5.41) is 2.03. The topological polar surface area (TPSA) is 72.2 Å². The zero-order chi connectivity index (χ0) is 7.98. The molecule has 0 aromatic rings. The summed E-state index contributed by atoms with van der Waals surface area (Å²) in [6.45, 7) is 2.65. The van der Waals surface area contributed by atoms with Gasteiger partial charge in [-0.1, -0.05) is 6.92 Å². The average molecular weight is 179 g/mol. The van der Waals surface area contributed by atoms with Gasteiger partial charge in [-0.05, 0) is 6.54 Å². The first-order valence-electron chi connectivity index (χ1n) is 2.93. The fourth-order valence-electron chi connectivity index (χ4n) is 0.356. The highest BCUT2D eigenvalue weighted by atomic mass is 35.5. The summed E-state index contributed by atoms with van der Waals surface area (Å²) in [6, 6.07) is 0. The molecule has 0 radical (unpaired) electrons. The Labute approximate surface area is 71.2 Å². The number of carbonyl (C=O) groups is 2. The Morgan fingerprint density at radius 3 is 1.73 bits per heavy atom. The molecule has 0 aliphatic carbocycles. The van der Waals surface area contributed by atoms with Crippen LogP contribution in [0.15, 0.2) is 12.2 Å². The van der Waals surface area contributed by atoms with Crippen LogP contribution in [0.25, 0.3) is 0 Å². The lowest BCUT2D eigenvalue weighted by molar-refractivity contribution is -0.123. The van der Waals surface area contributed by atoms with E-state index in [4.69, 9.17) is 5.73 Å². The van der Waals surface area contributed by atoms with E-state index >= 15 is 0 Å². The van der Waals surface area contributed by atoms with Gasteiger partial charge in [-0.25, -0.2) is 0 Å². The molecule has 0 spiro atoms. The zero-order valence-corrected chi connectivity index (χ0v) is 6.98. The predicted molar refractivity (Wildman–Crippen MR) is 44.3 cm³/mol. The van der Waals surface area contributed by atoms with Crippen molar-refractivity contribution in [3.8, 4) is 0 Å². The number of carbonyl (C=O) groups excluding carboxylic acids is 2. The van der Waals surface area contributed by atoms with E-state index in [1.807, 2.05) is 12.2 Å². The third kappa shape index (κ3) is 7.02. The fraction of sp³-hybridized carbons (Fsp3) is 0.333. The summed E-state index contributed by atoms with van der Waals surface area (Å²) in [5.41, 5.74) is 4.85. The summed E-state index contributed by atoms with van der Waals surface area (Å²) in [5.74, 6) is -0.657. The summed E-state index contributed by atoms with van der Waals surface area (Å²) >= 11 is 0. The molecule has 1 heterocycles. The molecule has 64 valence electrons. The number of nitrogens with two attached hydrogens (primary N) is 1. The first kappa shape index (κ1) is 12.8.